The Labute approximate surface area is 150 Å². The number of sulfonamides is 1. The van der Waals surface area contributed by atoms with Crippen LogP contribution in [-0.2, 0) is 19.9 Å². The van der Waals surface area contributed by atoms with Crippen molar-refractivity contribution in [3.05, 3.63) is 18.2 Å². The summed E-state index contributed by atoms with van der Waals surface area (Å²) in [6.07, 6.45) is 1.34. The van der Waals surface area contributed by atoms with Gasteiger partial charge in [0.1, 0.15) is 0 Å². The van der Waals surface area contributed by atoms with E-state index in [1.165, 1.54) is 0 Å². The van der Waals surface area contributed by atoms with Gasteiger partial charge in [-0.05, 0) is 55.7 Å². The van der Waals surface area contributed by atoms with Crippen LogP contribution in [-0.4, -0.2) is 47.7 Å². The Morgan fingerprint density at radius 2 is 1.80 bits per heavy atom. The summed E-state index contributed by atoms with van der Waals surface area (Å²) >= 11 is 4.76. The van der Waals surface area contributed by atoms with Gasteiger partial charge in [0.05, 0.1) is 15.5 Å². The first kappa shape index (κ1) is 20.3. The molecule has 0 aromatic heterocycles. The van der Waals surface area contributed by atoms with Crippen molar-refractivity contribution < 1.29 is 25.6 Å². The normalized spacial score (nSPS) is 17.5. The van der Waals surface area contributed by atoms with E-state index in [4.69, 9.17) is 16.7 Å². The van der Waals surface area contributed by atoms with E-state index in [1.807, 2.05) is 0 Å². The van der Waals surface area contributed by atoms with Crippen LogP contribution in [0.4, 0.5) is 14.5 Å². The van der Waals surface area contributed by atoms with Gasteiger partial charge in [0.2, 0.25) is 10.0 Å². The number of primary sulfonamides is 1. The summed E-state index contributed by atoms with van der Waals surface area (Å²) in [6, 6.07) is 2.75. The molecule has 1 saturated heterocycles. The van der Waals surface area contributed by atoms with Gasteiger partial charge >= 0.3 is 4.71 Å². The van der Waals surface area contributed by atoms with E-state index in [0.717, 1.165) is 12.1 Å². The van der Waals surface area contributed by atoms with Crippen molar-refractivity contribution in [2.24, 2.45) is 5.14 Å². The van der Waals surface area contributed by atoms with Crippen LogP contribution in [0, 0.1) is 0 Å². The van der Waals surface area contributed by atoms with E-state index in [0.29, 0.717) is 32.0 Å². The van der Waals surface area contributed by atoms with E-state index in [1.54, 1.807) is 11.9 Å². The van der Waals surface area contributed by atoms with Crippen molar-refractivity contribution in [1.82, 2.24) is 5.32 Å². The number of halogens is 3. The molecular weight excluding hydrogens is 400 g/mol. The van der Waals surface area contributed by atoms with Gasteiger partial charge in [-0.1, -0.05) is 0 Å². The zero-order valence-electron chi connectivity index (χ0n) is 13.2. The fourth-order valence-corrected chi connectivity index (χ4v) is 4.58. The molecule has 0 aliphatic carbocycles. The molecule has 25 heavy (non-hydrogen) atoms. The lowest BCUT2D eigenvalue weighted by Crippen LogP contribution is -2.42. The maximum atomic E-state index is 13.5. The van der Waals surface area contributed by atoms with Crippen molar-refractivity contribution >= 4 is 37.1 Å². The zero-order valence-corrected chi connectivity index (χ0v) is 15.6. The highest BCUT2D eigenvalue weighted by Crippen LogP contribution is 2.39. The molecule has 1 aromatic carbocycles. The third-order valence-electron chi connectivity index (χ3n) is 4.09. The highest BCUT2D eigenvalue weighted by molar-refractivity contribution is 7.94. The maximum absolute atomic E-state index is 13.5. The summed E-state index contributed by atoms with van der Waals surface area (Å²) in [6.45, 7) is 1.38. The molecular formula is C13H18ClF2N3O4S2. The lowest BCUT2D eigenvalue weighted by Gasteiger charge is -2.34. The van der Waals surface area contributed by atoms with Crippen LogP contribution in [0.1, 0.15) is 12.8 Å². The highest BCUT2D eigenvalue weighted by atomic mass is 35.5. The Morgan fingerprint density at radius 1 is 1.24 bits per heavy atom. The molecule has 0 unspecified atom stereocenters. The average molecular weight is 418 g/mol. The van der Waals surface area contributed by atoms with Crippen LogP contribution in [0.5, 0.6) is 0 Å². The molecule has 0 bridgehead atoms. The number of benzene rings is 1. The van der Waals surface area contributed by atoms with Crippen LogP contribution in [0.2, 0.25) is 0 Å². The van der Waals surface area contributed by atoms with Crippen LogP contribution < -0.4 is 15.4 Å². The van der Waals surface area contributed by atoms with E-state index in [2.05, 4.69) is 5.32 Å². The molecule has 1 fully saturated rings. The van der Waals surface area contributed by atoms with E-state index in [-0.39, 0.29) is 11.7 Å². The fourth-order valence-electron chi connectivity index (χ4n) is 2.69. The second-order valence-electron chi connectivity index (χ2n) is 5.72. The highest BCUT2D eigenvalue weighted by Gasteiger charge is 2.46. The molecule has 1 aromatic rings. The molecule has 1 aliphatic rings. The molecule has 1 heterocycles. The Balaban J connectivity index is 2.63. The van der Waals surface area contributed by atoms with E-state index >= 15 is 0 Å². The molecule has 1 aliphatic heterocycles. The van der Waals surface area contributed by atoms with Crippen LogP contribution in [0.3, 0.4) is 0 Å². The number of hydrogen-bond donors (Lipinski definition) is 2. The number of hydrogen-bond acceptors (Lipinski definition) is 6. The number of sulfone groups is 1. The lowest BCUT2D eigenvalue weighted by atomic mass is 10.0. The second kappa shape index (κ2) is 6.95. The zero-order chi connectivity index (χ0) is 19.0. The van der Waals surface area contributed by atoms with Crippen LogP contribution in [0.25, 0.3) is 0 Å². The smallest absolute Gasteiger partial charge is 0.370 e. The maximum Gasteiger partial charge on any atom is 0.427 e. The number of nitrogens with one attached hydrogen (secondary N) is 1. The molecule has 0 radical (unpaired) electrons. The van der Waals surface area contributed by atoms with E-state index in [9.17, 15) is 25.6 Å². The number of rotatable bonds is 5. The molecule has 0 amide bonds. The Morgan fingerprint density at radius 3 is 2.28 bits per heavy atom. The van der Waals surface area contributed by atoms with Gasteiger partial charge in [0.25, 0.3) is 9.84 Å². The van der Waals surface area contributed by atoms with Gasteiger partial charge in [-0.15, -0.1) is 0 Å². The van der Waals surface area contributed by atoms with Gasteiger partial charge in [-0.3, -0.25) is 0 Å². The number of alkyl halides is 3. The molecule has 7 nitrogen and oxygen atoms in total. The first-order valence-electron chi connectivity index (χ1n) is 7.27. The van der Waals surface area contributed by atoms with Crippen molar-refractivity contribution in [1.29, 1.82) is 0 Å². The summed E-state index contributed by atoms with van der Waals surface area (Å²) in [5, 5.41) is 8.12. The summed E-state index contributed by atoms with van der Waals surface area (Å²) in [4.78, 5) is 0.0815. The Bertz CT molecular complexity index is 851. The Kier molecular flexibility index (Phi) is 5.65. The summed E-state index contributed by atoms with van der Waals surface area (Å²) in [5.74, 6) is 0. The van der Waals surface area contributed by atoms with Crippen molar-refractivity contribution in [2.75, 3.05) is 25.0 Å². The van der Waals surface area contributed by atoms with Gasteiger partial charge in [-0.25, -0.2) is 22.0 Å². The van der Waals surface area contributed by atoms with E-state index < -0.39 is 34.4 Å². The predicted molar refractivity (Wildman–Crippen MR) is 90.1 cm³/mol. The molecule has 0 saturated carbocycles. The van der Waals surface area contributed by atoms with Gasteiger partial charge < -0.3 is 10.2 Å². The third kappa shape index (κ3) is 4.22. The molecule has 2 rings (SSSR count). The molecule has 0 atom stereocenters. The SMILES string of the molecule is CN(c1ccc(S(N)(=O)=O)cc1S(=O)(=O)C(F)(F)Cl)C1CCNCC1. The molecule has 0 spiro atoms. The summed E-state index contributed by atoms with van der Waals surface area (Å²) in [7, 11) is -8.04. The van der Waals surface area contributed by atoms with Crippen molar-refractivity contribution in [3.63, 3.8) is 0 Å². The quantitative estimate of drug-likeness (QED) is 0.694. The van der Waals surface area contributed by atoms with Gasteiger partial charge in [-0.2, -0.15) is 8.78 Å². The Hall–Kier alpha value is -1.01. The van der Waals surface area contributed by atoms with Crippen LogP contribution in [0.15, 0.2) is 28.0 Å². The van der Waals surface area contributed by atoms with Gasteiger partial charge in [0, 0.05) is 13.1 Å². The van der Waals surface area contributed by atoms with Crippen molar-refractivity contribution in [3.8, 4) is 0 Å². The average Bonchev–Trinajstić information content (AvgIpc) is 2.52. The number of piperidine rings is 1. The standard InChI is InChI=1S/C13H18ClF2N3O4S2/c1-19(9-4-6-18-7-5-9)11-3-2-10(25(17,22)23)8-12(11)24(20,21)13(14,15)16/h2-3,8-9,18H,4-7H2,1H3,(H2,17,22,23). The summed E-state index contributed by atoms with van der Waals surface area (Å²) in [5.41, 5.74) is -0.0559. The summed E-state index contributed by atoms with van der Waals surface area (Å²) < 4.78 is 69.7. The topological polar surface area (TPSA) is 110 Å². The second-order valence-corrected chi connectivity index (χ2v) is 9.94. The fraction of sp³-hybridized carbons (Fsp3) is 0.538. The predicted octanol–water partition coefficient (Wildman–Crippen LogP) is 1.08. The minimum Gasteiger partial charge on any atom is -0.370 e. The molecule has 142 valence electrons. The van der Waals surface area contributed by atoms with Gasteiger partial charge in [0.15, 0.2) is 0 Å². The first-order chi connectivity index (χ1) is 11.4. The number of nitrogens with zero attached hydrogens (tertiary/aromatic N) is 1. The minimum absolute atomic E-state index is 0.0559. The third-order valence-corrected chi connectivity index (χ3v) is 7.13. The minimum atomic E-state index is -5.32. The van der Waals surface area contributed by atoms with Crippen molar-refractivity contribution in [2.45, 2.75) is 33.4 Å². The van der Waals surface area contributed by atoms with Crippen LogP contribution >= 0.6 is 11.6 Å². The largest absolute Gasteiger partial charge is 0.427 e. The first-order valence-corrected chi connectivity index (χ1v) is 10.7. The molecule has 3 N–H and O–H groups in total. The molecule has 12 heteroatoms. The lowest BCUT2D eigenvalue weighted by molar-refractivity contribution is 0.187. The monoisotopic (exact) mass is 417 g/mol. The number of anilines is 1. The number of nitrogens with two attached hydrogens (primary N) is 1.